The van der Waals surface area contributed by atoms with Gasteiger partial charge in [0.2, 0.25) is 0 Å². The summed E-state index contributed by atoms with van der Waals surface area (Å²) in [6.45, 7) is 0. The number of thioether (sulfide) groups is 4. The third-order valence-electron chi connectivity index (χ3n) is 5.64. The average Bonchev–Trinajstić information content (AvgIpc) is 3.47. The normalized spacial score (nSPS) is 29.7. The molecule has 0 aromatic rings. The maximum absolute atomic E-state index is 2.40. The Morgan fingerprint density at radius 2 is 0.774 bits per heavy atom. The summed E-state index contributed by atoms with van der Waals surface area (Å²) in [5, 5.41) is 3.89. The molecule has 4 atom stereocenters. The third-order valence-corrected chi connectivity index (χ3v) is 16.3. The summed E-state index contributed by atoms with van der Waals surface area (Å²) in [5.41, 5.74) is 0. The fourth-order valence-corrected chi connectivity index (χ4v) is 18.5. The van der Waals surface area contributed by atoms with Gasteiger partial charge in [-0.3, -0.25) is 0 Å². The van der Waals surface area contributed by atoms with Crippen LogP contribution < -0.4 is 0 Å². The average molecular weight is 1010 g/mol. The molecule has 0 spiro atoms. The summed E-state index contributed by atoms with van der Waals surface area (Å²) >= 11 is 19.1. The number of hydrogen-bond acceptors (Lipinski definition) is 4. The predicted molar refractivity (Wildman–Crippen MR) is 158 cm³/mol. The molecule has 0 nitrogen and oxygen atoms in total. The van der Waals surface area contributed by atoms with Gasteiger partial charge >= 0.3 is 269 Å². The summed E-state index contributed by atoms with van der Waals surface area (Å²) in [7, 11) is 0. The van der Waals surface area contributed by atoms with Gasteiger partial charge in [-0.1, -0.05) is 0 Å². The van der Waals surface area contributed by atoms with Crippen LogP contribution in [0.2, 0.25) is 9.63 Å². The van der Waals surface area contributed by atoms with E-state index >= 15 is 0 Å². The van der Waals surface area contributed by atoms with Crippen LogP contribution in [0.3, 0.4) is 0 Å². The molecule has 4 saturated heterocycles. The van der Waals surface area contributed by atoms with Crippen molar-refractivity contribution < 1.29 is 0 Å². The van der Waals surface area contributed by atoms with E-state index in [1.165, 1.54) is 74.4 Å². The van der Waals surface area contributed by atoms with Crippen LogP contribution in [0, 0.1) is 0 Å². The SMILES string of the molecule is [Te]=C(CC1CS1)CC(CC(=[Te])CC1CS1)[Se]C(CC(=[Te])CC1CS1)CC(=[Te])CC1CS1. The Morgan fingerprint density at radius 1 is 0.548 bits per heavy atom. The van der Waals surface area contributed by atoms with Crippen LogP contribution in [0.15, 0.2) is 0 Å². The fourth-order valence-electron chi connectivity index (χ4n) is 3.72. The van der Waals surface area contributed by atoms with Gasteiger partial charge in [-0.25, -0.2) is 0 Å². The molecule has 0 aromatic carbocycles. The summed E-state index contributed by atoms with van der Waals surface area (Å²) in [4.78, 5) is 1.90. The molecule has 31 heavy (non-hydrogen) atoms. The first-order chi connectivity index (χ1) is 14.9. The molecule has 4 aliphatic rings. The van der Waals surface area contributed by atoms with Gasteiger partial charge in [0.15, 0.2) is 0 Å². The topological polar surface area (TPSA) is 0 Å². The Kier molecular flexibility index (Phi) is 13.5. The summed E-state index contributed by atoms with van der Waals surface area (Å²) in [5.74, 6) is 5.68. The van der Waals surface area contributed by atoms with Crippen molar-refractivity contribution in [3.63, 3.8) is 0 Å². The van der Waals surface area contributed by atoms with E-state index in [9.17, 15) is 0 Å². The van der Waals surface area contributed by atoms with E-state index in [0.717, 1.165) is 45.6 Å². The molecular formula is C22H30S4SeTe4. The standard InChI is InChI=1S/C22H30S4SeTe4/c28-19(1-13-9-23-13)5-17(6-20(29)2-14-10-24-14)27-18(7-21(30)3-15-11-25-15)8-22(31)4-16-12-26-16/h13-18H,1-12H2. The Balaban J connectivity index is 1.34. The molecular weight excluding hydrogens is 982 g/mol. The molecule has 0 amide bonds. The van der Waals surface area contributed by atoms with E-state index in [1.807, 2.05) is 14.2 Å². The fraction of sp³-hybridized carbons (Fsp3) is 0.818. The molecule has 0 aromatic heterocycles. The van der Waals surface area contributed by atoms with Gasteiger partial charge in [-0.15, -0.1) is 0 Å². The molecule has 4 aliphatic heterocycles. The van der Waals surface area contributed by atoms with E-state index in [2.05, 4.69) is 134 Å². The van der Waals surface area contributed by atoms with Gasteiger partial charge < -0.3 is 0 Å². The quantitative estimate of drug-likeness (QED) is 0.153. The zero-order chi connectivity index (χ0) is 21.8. The molecule has 4 unspecified atom stereocenters. The summed E-state index contributed by atoms with van der Waals surface area (Å²) in [6.07, 6.45) is 11.3. The predicted octanol–water partition coefficient (Wildman–Crippen LogP) is 3.21. The van der Waals surface area contributed by atoms with E-state index in [-0.39, 0.29) is 0 Å². The number of rotatable bonds is 18. The van der Waals surface area contributed by atoms with Crippen LogP contribution in [0.1, 0.15) is 51.4 Å². The van der Waals surface area contributed by atoms with Crippen LogP contribution >= 0.6 is 47.0 Å². The second-order valence-electron chi connectivity index (χ2n) is 8.99. The van der Waals surface area contributed by atoms with E-state index in [0.29, 0.717) is 0 Å². The maximum atomic E-state index is 2.40. The van der Waals surface area contributed by atoms with Gasteiger partial charge in [0.05, 0.1) is 0 Å². The Labute approximate surface area is 264 Å². The Hall–Kier alpha value is 4.56. The van der Waals surface area contributed by atoms with Gasteiger partial charge in [0.1, 0.15) is 0 Å². The van der Waals surface area contributed by atoms with Crippen LogP contribution in [0.5, 0.6) is 0 Å². The molecule has 0 N–H and O–H groups in total. The Morgan fingerprint density at radius 3 is 0.968 bits per heavy atom. The molecule has 9 heteroatoms. The molecule has 0 aliphatic carbocycles. The van der Waals surface area contributed by atoms with Gasteiger partial charge in [-0.05, 0) is 0 Å². The summed E-state index contributed by atoms with van der Waals surface area (Å²) in [6, 6.07) is 0. The van der Waals surface area contributed by atoms with Crippen LogP contribution in [0.4, 0.5) is 0 Å². The van der Waals surface area contributed by atoms with Crippen LogP contribution in [-0.4, -0.2) is 160 Å². The molecule has 0 bridgehead atoms. The van der Waals surface area contributed by atoms with Crippen molar-refractivity contribution >= 4 is 163 Å². The van der Waals surface area contributed by atoms with Crippen molar-refractivity contribution in [2.45, 2.75) is 82.0 Å². The number of hydrogen-bond donors (Lipinski definition) is 0. The first kappa shape index (κ1) is 28.6. The minimum absolute atomic E-state index is 0.762. The van der Waals surface area contributed by atoms with Gasteiger partial charge in [0, 0.05) is 0 Å². The minimum atomic E-state index is 0.762. The zero-order valence-electron chi connectivity index (χ0n) is 17.6. The zero-order valence-corrected chi connectivity index (χ0v) is 31.9. The van der Waals surface area contributed by atoms with Crippen molar-refractivity contribution in [1.29, 1.82) is 0 Å². The third kappa shape index (κ3) is 13.3. The van der Waals surface area contributed by atoms with Gasteiger partial charge in [0.25, 0.3) is 0 Å². The molecule has 0 radical (unpaired) electrons. The molecule has 172 valence electrons. The van der Waals surface area contributed by atoms with Gasteiger partial charge in [-0.2, -0.15) is 0 Å². The van der Waals surface area contributed by atoms with Crippen LogP contribution in [-0.2, 0) is 0 Å². The summed E-state index contributed by atoms with van der Waals surface area (Å²) < 4.78 is 7.27. The van der Waals surface area contributed by atoms with Crippen molar-refractivity contribution in [1.82, 2.24) is 0 Å². The molecule has 4 heterocycles. The van der Waals surface area contributed by atoms with E-state index in [1.54, 1.807) is 0 Å². The van der Waals surface area contributed by atoms with Crippen molar-refractivity contribution in [2.24, 2.45) is 0 Å². The molecule has 4 rings (SSSR count). The van der Waals surface area contributed by atoms with Crippen molar-refractivity contribution in [3.05, 3.63) is 0 Å². The second kappa shape index (κ2) is 14.6. The second-order valence-corrected chi connectivity index (χ2v) is 24.3. The monoisotopic (exact) mass is 1020 g/mol. The first-order valence-electron chi connectivity index (χ1n) is 11.1. The molecule has 4 fully saturated rings. The first-order valence-corrected chi connectivity index (χ1v) is 21.9. The van der Waals surface area contributed by atoms with E-state index < -0.39 is 0 Å². The van der Waals surface area contributed by atoms with Crippen LogP contribution in [0.25, 0.3) is 0 Å². The molecule has 0 saturated carbocycles. The van der Waals surface area contributed by atoms with Crippen molar-refractivity contribution in [2.75, 3.05) is 23.0 Å². The Bertz CT molecular complexity index is 588. The van der Waals surface area contributed by atoms with E-state index in [4.69, 9.17) is 0 Å². The van der Waals surface area contributed by atoms with Crippen molar-refractivity contribution in [3.8, 4) is 0 Å².